The fourth-order valence-corrected chi connectivity index (χ4v) is 3.40. The van der Waals surface area contributed by atoms with Gasteiger partial charge in [0.2, 0.25) is 0 Å². The number of nitrogens with one attached hydrogen (secondary N) is 2. The van der Waals surface area contributed by atoms with Gasteiger partial charge in [-0.25, -0.2) is 13.2 Å². The van der Waals surface area contributed by atoms with Crippen molar-refractivity contribution < 1.29 is 22.7 Å². The Balaban J connectivity index is 1.86. The van der Waals surface area contributed by atoms with Crippen molar-refractivity contribution in [3.05, 3.63) is 60.3 Å². The fourth-order valence-electron chi connectivity index (χ4n) is 2.56. The largest absolute Gasteiger partial charge is 0.456 e. The highest BCUT2D eigenvalue weighted by Crippen LogP contribution is 2.31. The summed E-state index contributed by atoms with van der Waals surface area (Å²) in [5.41, 5.74) is 6.26. The van der Waals surface area contributed by atoms with Gasteiger partial charge in [0, 0.05) is 17.8 Å². The number of rotatable bonds is 5. The lowest BCUT2D eigenvalue weighted by Gasteiger charge is -2.13. The lowest BCUT2D eigenvalue weighted by atomic mass is 10.2. The summed E-state index contributed by atoms with van der Waals surface area (Å²) in [6, 6.07) is 13.3. The molecule has 29 heavy (non-hydrogen) atoms. The molecule has 0 aliphatic carbocycles. The van der Waals surface area contributed by atoms with Crippen LogP contribution in [0.2, 0.25) is 0 Å². The molecule has 0 spiro atoms. The van der Waals surface area contributed by atoms with E-state index in [1.165, 1.54) is 12.1 Å². The maximum absolute atomic E-state index is 12.2. The summed E-state index contributed by atoms with van der Waals surface area (Å²) >= 11 is 0. The van der Waals surface area contributed by atoms with E-state index in [4.69, 9.17) is 20.6 Å². The van der Waals surface area contributed by atoms with E-state index >= 15 is 0 Å². The molecule has 150 valence electrons. The molecular weight excluding hydrogens is 396 g/mol. The second-order valence-corrected chi connectivity index (χ2v) is 8.11. The van der Waals surface area contributed by atoms with Crippen LogP contribution < -0.4 is 15.8 Å². The molecule has 0 saturated carbocycles. The van der Waals surface area contributed by atoms with Crippen LogP contribution in [0, 0.1) is 5.41 Å². The first-order valence-corrected chi connectivity index (χ1v) is 10.2. The van der Waals surface area contributed by atoms with Crippen molar-refractivity contribution in [2.24, 2.45) is 5.73 Å². The highest BCUT2D eigenvalue weighted by Gasteiger charge is 2.17. The molecule has 0 saturated heterocycles. The van der Waals surface area contributed by atoms with Gasteiger partial charge in [0.15, 0.2) is 15.8 Å². The van der Waals surface area contributed by atoms with E-state index in [0.717, 1.165) is 17.2 Å². The van der Waals surface area contributed by atoms with Crippen LogP contribution in [0.15, 0.2) is 59.6 Å². The Morgan fingerprint density at radius 2 is 2.00 bits per heavy atom. The van der Waals surface area contributed by atoms with Crippen LogP contribution >= 0.6 is 0 Å². The summed E-state index contributed by atoms with van der Waals surface area (Å²) in [7, 11) is -3.62. The Bertz CT molecular complexity index is 1190. The zero-order valence-electron chi connectivity index (χ0n) is 15.4. The molecule has 0 fully saturated rings. The Morgan fingerprint density at radius 1 is 1.21 bits per heavy atom. The highest BCUT2D eigenvalue weighted by molar-refractivity contribution is 7.90. The Kier molecular flexibility index (Phi) is 5.64. The van der Waals surface area contributed by atoms with Crippen molar-refractivity contribution >= 4 is 32.8 Å². The number of alkyl carbamates (subject to hydrolysis) is 1. The lowest BCUT2D eigenvalue weighted by Crippen LogP contribution is -2.35. The first kappa shape index (κ1) is 20.1. The van der Waals surface area contributed by atoms with Gasteiger partial charge < -0.3 is 15.2 Å². The van der Waals surface area contributed by atoms with Crippen LogP contribution in [-0.4, -0.2) is 31.7 Å². The zero-order chi connectivity index (χ0) is 21.0. The van der Waals surface area contributed by atoms with Gasteiger partial charge in [-0.05, 0) is 42.0 Å². The maximum Gasteiger partial charge on any atom is 0.414 e. The van der Waals surface area contributed by atoms with Gasteiger partial charge in [0.05, 0.1) is 5.52 Å². The Morgan fingerprint density at radius 3 is 2.72 bits per heavy atom. The van der Waals surface area contributed by atoms with Crippen molar-refractivity contribution in [2.75, 3.05) is 6.26 Å². The van der Waals surface area contributed by atoms with Crippen LogP contribution in [0.4, 0.5) is 4.79 Å². The van der Waals surface area contributed by atoms with Gasteiger partial charge in [-0.1, -0.05) is 12.1 Å². The molecule has 0 bridgehead atoms. The van der Waals surface area contributed by atoms with Crippen LogP contribution in [0.5, 0.6) is 11.5 Å². The minimum Gasteiger partial charge on any atom is -0.456 e. The Hall–Kier alpha value is -3.66. The van der Waals surface area contributed by atoms with E-state index in [0.29, 0.717) is 11.3 Å². The summed E-state index contributed by atoms with van der Waals surface area (Å²) in [5.74, 6) is 0.0501. The van der Waals surface area contributed by atoms with Gasteiger partial charge in [-0.3, -0.25) is 15.7 Å². The molecule has 3 rings (SSSR count). The number of aromatic nitrogens is 1. The third-order valence-corrected chi connectivity index (χ3v) is 4.93. The van der Waals surface area contributed by atoms with Crippen LogP contribution in [0.25, 0.3) is 10.9 Å². The molecule has 4 N–H and O–H groups in total. The van der Waals surface area contributed by atoms with Crippen LogP contribution in [-0.2, 0) is 21.2 Å². The number of sulfone groups is 1. The number of amides is 1. The third kappa shape index (κ3) is 5.20. The average molecular weight is 414 g/mol. The van der Waals surface area contributed by atoms with Crippen molar-refractivity contribution in [1.29, 1.82) is 5.41 Å². The van der Waals surface area contributed by atoms with Crippen molar-refractivity contribution in [3.8, 4) is 11.5 Å². The number of guanidine groups is 1. The number of pyridine rings is 1. The predicted octanol–water partition coefficient (Wildman–Crippen LogP) is 2.55. The normalized spacial score (nSPS) is 11.1. The smallest absolute Gasteiger partial charge is 0.414 e. The van der Waals surface area contributed by atoms with E-state index in [1.807, 2.05) is 11.4 Å². The number of hydrogen-bond acceptors (Lipinski definition) is 7. The number of carbonyl (C=O) groups is 1. The summed E-state index contributed by atoms with van der Waals surface area (Å²) in [4.78, 5) is 15.6. The van der Waals surface area contributed by atoms with E-state index < -0.39 is 21.9 Å². The average Bonchev–Trinajstić information content (AvgIpc) is 2.65. The second-order valence-electron chi connectivity index (χ2n) is 6.13. The minimum absolute atomic E-state index is 0.0446. The summed E-state index contributed by atoms with van der Waals surface area (Å²) < 4.78 is 35.2. The molecule has 0 aliphatic heterocycles. The predicted molar refractivity (Wildman–Crippen MR) is 107 cm³/mol. The number of ether oxygens (including phenoxy) is 2. The summed E-state index contributed by atoms with van der Waals surface area (Å²) in [6.45, 7) is -0.205. The van der Waals surface area contributed by atoms with E-state index in [9.17, 15) is 13.2 Å². The van der Waals surface area contributed by atoms with Crippen molar-refractivity contribution in [3.63, 3.8) is 0 Å². The maximum atomic E-state index is 12.2. The third-order valence-electron chi connectivity index (χ3n) is 3.82. The van der Waals surface area contributed by atoms with Crippen molar-refractivity contribution in [1.82, 2.24) is 10.3 Å². The van der Waals surface area contributed by atoms with E-state index in [1.54, 1.807) is 36.5 Å². The molecule has 1 aromatic heterocycles. The molecule has 1 amide bonds. The highest BCUT2D eigenvalue weighted by atomic mass is 32.2. The van der Waals surface area contributed by atoms with E-state index in [-0.39, 0.29) is 17.3 Å². The van der Waals surface area contributed by atoms with Crippen LogP contribution in [0.1, 0.15) is 5.56 Å². The molecule has 9 nitrogen and oxygen atoms in total. The molecule has 3 aromatic rings. The quantitative estimate of drug-likeness (QED) is 0.430. The van der Waals surface area contributed by atoms with E-state index in [2.05, 4.69) is 4.98 Å². The first-order chi connectivity index (χ1) is 13.7. The Labute approximate surface area is 166 Å². The van der Waals surface area contributed by atoms with Gasteiger partial charge in [-0.15, -0.1) is 0 Å². The number of benzene rings is 2. The van der Waals surface area contributed by atoms with Gasteiger partial charge in [0.1, 0.15) is 23.0 Å². The summed E-state index contributed by atoms with van der Waals surface area (Å²) in [5, 5.41) is 9.80. The molecule has 1 heterocycles. The van der Waals surface area contributed by atoms with Gasteiger partial charge in [0.25, 0.3) is 0 Å². The molecule has 0 unspecified atom stereocenters. The molecule has 0 atom stereocenters. The number of fused-ring (bicyclic) bond motifs is 1. The standard InChI is InChI=1S/C19H18N4O5S/c1-29(25,26)17-9-12(11-27-19(24)23-18(20)21)4-7-16(17)28-14-5-6-15-13(10-14)3-2-8-22-15/h2-10H,11H2,1H3,(H4,20,21,23,24). The topological polar surface area (TPSA) is 144 Å². The first-order valence-electron chi connectivity index (χ1n) is 8.36. The number of hydrogen-bond donors (Lipinski definition) is 3. The number of nitrogens with two attached hydrogens (primary N) is 1. The van der Waals surface area contributed by atoms with Gasteiger partial charge >= 0.3 is 6.09 Å². The molecule has 0 radical (unpaired) electrons. The molecule has 2 aromatic carbocycles. The SMILES string of the molecule is CS(=O)(=O)c1cc(COC(=O)NC(=N)N)ccc1Oc1ccc2ncccc2c1. The molecular formula is C19H18N4O5S. The van der Waals surface area contributed by atoms with Crippen LogP contribution in [0.3, 0.4) is 0 Å². The molecule has 10 heteroatoms. The summed E-state index contributed by atoms with van der Waals surface area (Å²) in [6.07, 6.45) is 1.83. The number of nitrogens with zero attached hydrogens (tertiary/aromatic N) is 1. The van der Waals surface area contributed by atoms with Crippen molar-refractivity contribution in [2.45, 2.75) is 11.5 Å². The molecule has 0 aliphatic rings. The second kappa shape index (κ2) is 8.15. The van der Waals surface area contributed by atoms with Gasteiger partial charge in [-0.2, -0.15) is 0 Å². The lowest BCUT2D eigenvalue weighted by molar-refractivity contribution is 0.145. The monoisotopic (exact) mass is 414 g/mol. The zero-order valence-corrected chi connectivity index (χ0v) is 16.2. The minimum atomic E-state index is -3.62. The number of carbonyl (C=O) groups excluding carboxylic acids is 1. The fraction of sp³-hybridized carbons (Fsp3) is 0.105.